The van der Waals surface area contributed by atoms with Crippen LogP contribution in [0.5, 0.6) is 0 Å². The molecule has 2 amide bonds. The SMILES string of the molecule is Cn1c(=O)oc2ccc(-c3ccc(C[C@@H](C#N)NC(=O)C4CN(C(=O)OC(C)(C)C)C4)c(F)c3)cc21. The summed E-state index contributed by atoms with van der Waals surface area (Å²) >= 11 is 0. The van der Waals surface area contributed by atoms with Gasteiger partial charge in [-0.3, -0.25) is 9.36 Å². The number of nitrogens with zero attached hydrogens (tertiary/aromatic N) is 3. The van der Waals surface area contributed by atoms with Crippen molar-refractivity contribution in [2.75, 3.05) is 13.1 Å². The fraction of sp³-hybridized carbons (Fsp3) is 0.385. The molecule has 1 aromatic heterocycles. The van der Waals surface area contributed by atoms with E-state index in [0.29, 0.717) is 22.2 Å². The van der Waals surface area contributed by atoms with Gasteiger partial charge in [0.25, 0.3) is 0 Å². The Hall–Kier alpha value is -4.13. The fourth-order valence-electron chi connectivity index (χ4n) is 3.96. The predicted molar refractivity (Wildman–Crippen MR) is 129 cm³/mol. The lowest BCUT2D eigenvalue weighted by atomic mass is 9.97. The number of nitrogens with one attached hydrogen (secondary N) is 1. The number of fused-ring (bicyclic) bond motifs is 1. The van der Waals surface area contributed by atoms with Crippen LogP contribution in [0.15, 0.2) is 45.6 Å². The van der Waals surface area contributed by atoms with E-state index in [-0.39, 0.29) is 31.0 Å². The van der Waals surface area contributed by atoms with Gasteiger partial charge in [-0.05, 0) is 55.7 Å². The van der Waals surface area contributed by atoms with Crippen molar-refractivity contribution >= 4 is 23.1 Å². The lowest BCUT2D eigenvalue weighted by Crippen LogP contribution is -2.57. The molecule has 1 N–H and O–H groups in total. The highest BCUT2D eigenvalue weighted by Crippen LogP contribution is 2.26. The average molecular weight is 495 g/mol. The molecule has 0 spiro atoms. The van der Waals surface area contributed by atoms with Gasteiger partial charge in [-0.15, -0.1) is 0 Å². The van der Waals surface area contributed by atoms with Crippen LogP contribution in [-0.4, -0.2) is 46.2 Å². The molecule has 1 atom stereocenters. The number of likely N-dealkylation sites (tertiary alicyclic amines) is 1. The number of aromatic nitrogens is 1. The third kappa shape index (κ3) is 5.25. The van der Waals surface area contributed by atoms with Crippen LogP contribution in [0.25, 0.3) is 22.2 Å². The summed E-state index contributed by atoms with van der Waals surface area (Å²) in [7, 11) is 1.59. The Morgan fingerprint density at radius 2 is 1.89 bits per heavy atom. The van der Waals surface area contributed by atoms with Gasteiger partial charge >= 0.3 is 11.8 Å². The normalized spacial score (nSPS) is 14.7. The van der Waals surface area contributed by atoms with Crippen LogP contribution in [0.3, 0.4) is 0 Å². The lowest BCUT2D eigenvalue weighted by Gasteiger charge is -2.39. The monoisotopic (exact) mass is 494 g/mol. The van der Waals surface area contributed by atoms with E-state index in [2.05, 4.69) is 5.32 Å². The Morgan fingerprint density at radius 3 is 2.53 bits per heavy atom. The quantitative estimate of drug-likeness (QED) is 0.581. The van der Waals surface area contributed by atoms with E-state index in [1.165, 1.54) is 15.5 Å². The Morgan fingerprint density at radius 1 is 1.22 bits per heavy atom. The van der Waals surface area contributed by atoms with E-state index in [9.17, 15) is 24.0 Å². The number of nitriles is 1. The van der Waals surface area contributed by atoms with Gasteiger partial charge in [0.05, 0.1) is 17.5 Å². The number of hydrogen-bond donors (Lipinski definition) is 1. The maximum Gasteiger partial charge on any atom is 0.419 e. The molecule has 0 radical (unpaired) electrons. The topological polar surface area (TPSA) is 118 Å². The zero-order valence-electron chi connectivity index (χ0n) is 20.5. The third-order valence-electron chi connectivity index (χ3n) is 5.98. The Balaban J connectivity index is 1.38. The number of rotatable bonds is 5. The number of aryl methyl sites for hydroxylation is 1. The van der Waals surface area contributed by atoms with Gasteiger partial charge < -0.3 is 19.4 Å². The van der Waals surface area contributed by atoms with Crippen molar-refractivity contribution in [2.45, 2.75) is 38.8 Å². The zero-order valence-corrected chi connectivity index (χ0v) is 20.5. The molecule has 0 unspecified atom stereocenters. The summed E-state index contributed by atoms with van der Waals surface area (Å²) in [6, 6.07) is 10.9. The van der Waals surface area contributed by atoms with Gasteiger partial charge in [-0.25, -0.2) is 14.0 Å². The molecule has 1 fully saturated rings. The molecule has 2 heterocycles. The Labute approximate surface area is 207 Å². The van der Waals surface area contributed by atoms with E-state index in [4.69, 9.17) is 9.15 Å². The molecule has 0 aliphatic carbocycles. The number of halogens is 1. The van der Waals surface area contributed by atoms with Crippen LogP contribution < -0.4 is 11.1 Å². The van der Waals surface area contributed by atoms with Crippen molar-refractivity contribution in [3.63, 3.8) is 0 Å². The number of hydrogen-bond acceptors (Lipinski definition) is 6. The van der Waals surface area contributed by atoms with Crippen LogP contribution >= 0.6 is 0 Å². The smallest absolute Gasteiger partial charge is 0.419 e. The molecule has 0 bridgehead atoms. The van der Waals surface area contributed by atoms with Crippen molar-refractivity contribution in [1.82, 2.24) is 14.8 Å². The molecule has 9 nitrogen and oxygen atoms in total. The second kappa shape index (κ2) is 9.49. The summed E-state index contributed by atoms with van der Waals surface area (Å²) in [5.74, 6) is -1.80. The van der Waals surface area contributed by atoms with Crippen molar-refractivity contribution < 1.29 is 23.1 Å². The summed E-state index contributed by atoms with van der Waals surface area (Å²) in [5.41, 5.74) is 1.99. The van der Waals surface area contributed by atoms with Crippen LogP contribution in [-0.2, 0) is 23.0 Å². The summed E-state index contributed by atoms with van der Waals surface area (Å²) in [6.45, 7) is 5.70. The van der Waals surface area contributed by atoms with Crippen LogP contribution in [0.4, 0.5) is 9.18 Å². The molecule has 1 aliphatic rings. The van der Waals surface area contributed by atoms with Crippen molar-refractivity contribution in [1.29, 1.82) is 5.26 Å². The van der Waals surface area contributed by atoms with Crippen LogP contribution in [0.2, 0.25) is 0 Å². The van der Waals surface area contributed by atoms with Gasteiger partial charge in [-0.2, -0.15) is 5.26 Å². The Kier molecular flexibility index (Phi) is 6.59. The summed E-state index contributed by atoms with van der Waals surface area (Å²) in [5, 5.41) is 12.2. The van der Waals surface area contributed by atoms with Gasteiger partial charge in [0, 0.05) is 26.6 Å². The molecular formula is C26H27FN4O5. The first-order valence-corrected chi connectivity index (χ1v) is 11.5. The predicted octanol–water partition coefficient (Wildman–Crippen LogP) is 3.36. The van der Waals surface area contributed by atoms with Gasteiger partial charge in [0.2, 0.25) is 5.91 Å². The van der Waals surface area contributed by atoms with E-state index < -0.39 is 35.2 Å². The molecule has 188 valence electrons. The highest BCUT2D eigenvalue weighted by Gasteiger charge is 2.38. The van der Waals surface area contributed by atoms with Crippen molar-refractivity contribution in [3.05, 3.63) is 58.3 Å². The third-order valence-corrected chi connectivity index (χ3v) is 5.98. The minimum atomic E-state index is -0.926. The van der Waals surface area contributed by atoms with Crippen LogP contribution in [0.1, 0.15) is 26.3 Å². The van der Waals surface area contributed by atoms with Gasteiger partial charge in [-0.1, -0.05) is 18.2 Å². The lowest BCUT2D eigenvalue weighted by molar-refractivity contribution is -0.130. The highest BCUT2D eigenvalue weighted by molar-refractivity contribution is 5.83. The molecule has 2 aromatic carbocycles. The van der Waals surface area contributed by atoms with Crippen molar-refractivity contribution in [2.24, 2.45) is 13.0 Å². The number of amides is 2. The standard InChI is InChI=1S/C26H27FN4O5/c1-26(2,3)36-25(34)31-13-18(14-31)23(32)29-19(12-28)9-17-6-5-15(10-20(17)27)16-7-8-22-21(11-16)30(4)24(33)35-22/h5-8,10-11,18-19H,9,13-14H2,1-4H3,(H,29,32)/t19-/m0/s1. The average Bonchev–Trinajstić information content (AvgIpc) is 3.05. The molecule has 1 saturated heterocycles. The van der Waals surface area contributed by atoms with E-state index in [0.717, 1.165) is 0 Å². The molecular weight excluding hydrogens is 467 g/mol. The molecule has 4 rings (SSSR count). The Bertz CT molecular complexity index is 1420. The van der Waals surface area contributed by atoms with Gasteiger partial charge in [0.1, 0.15) is 17.5 Å². The van der Waals surface area contributed by atoms with E-state index >= 15 is 0 Å². The summed E-state index contributed by atoms with van der Waals surface area (Å²) in [6.07, 6.45) is -0.494. The largest absolute Gasteiger partial charge is 0.444 e. The zero-order chi connectivity index (χ0) is 26.2. The second-order valence-corrected chi connectivity index (χ2v) is 9.89. The maximum atomic E-state index is 14.9. The molecule has 0 saturated carbocycles. The molecule has 10 heteroatoms. The maximum absolute atomic E-state index is 14.9. The van der Waals surface area contributed by atoms with Gasteiger partial charge in [0.15, 0.2) is 5.58 Å². The summed E-state index contributed by atoms with van der Waals surface area (Å²) in [4.78, 5) is 37.7. The first-order chi connectivity index (χ1) is 16.9. The number of ether oxygens (including phenoxy) is 1. The molecule has 1 aliphatic heterocycles. The first kappa shape index (κ1) is 25.0. The van der Waals surface area contributed by atoms with Crippen molar-refractivity contribution in [3.8, 4) is 17.2 Å². The van der Waals surface area contributed by atoms with E-state index in [1.54, 1.807) is 58.2 Å². The fourth-order valence-corrected chi connectivity index (χ4v) is 3.96. The highest BCUT2D eigenvalue weighted by atomic mass is 19.1. The number of benzene rings is 2. The molecule has 3 aromatic rings. The van der Waals surface area contributed by atoms with Crippen LogP contribution in [0, 0.1) is 23.1 Å². The summed E-state index contributed by atoms with van der Waals surface area (Å²) < 4.78 is 26.7. The minimum absolute atomic E-state index is 0.00782. The minimum Gasteiger partial charge on any atom is -0.444 e. The number of carbonyl (C=O) groups is 2. The number of carbonyl (C=O) groups excluding carboxylic acids is 2. The number of oxazole rings is 1. The first-order valence-electron chi connectivity index (χ1n) is 11.5. The van der Waals surface area contributed by atoms with E-state index in [1.807, 2.05) is 6.07 Å². The second-order valence-electron chi connectivity index (χ2n) is 9.89. The molecule has 36 heavy (non-hydrogen) atoms.